The molecule has 0 aliphatic carbocycles. The highest BCUT2D eigenvalue weighted by Gasteiger charge is 2.12. The van der Waals surface area contributed by atoms with Crippen LogP contribution in [0.25, 0.3) is 11.6 Å². The molecule has 154 valence electrons. The Labute approximate surface area is 176 Å². The summed E-state index contributed by atoms with van der Waals surface area (Å²) >= 11 is 4.25. The molecule has 0 bridgehead atoms. The number of unbranched alkanes of at least 4 members (excludes halogenated alkanes) is 3. The lowest BCUT2D eigenvalue weighted by Gasteiger charge is -2.10. The van der Waals surface area contributed by atoms with Gasteiger partial charge in [-0.25, -0.2) is 4.39 Å². The molecule has 29 heavy (non-hydrogen) atoms. The van der Waals surface area contributed by atoms with E-state index in [-0.39, 0.29) is 18.1 Å². The average Bonchev–Trinajstić information content (AvgIpc) is 2.72. The molecule has 0 atom stereocenters. The number of benzene rings is 2. The standard InChI is InChI=1S/C23H26FNO3S/c24-20-12-10-19(11-13-20)21(15-17-6-8-18(16-29)9-7-17)23(28)25-14-4-2-1-3-5-22(26)27/h6-13,15,29H,1-5,14,16H2,(H,25,28)(H,26,27)/b21-15-. The zero-order valence-electron chi connectivity index (χ0n) is 16.2. The molecule has 0 aromatic heterocycles. The number of thiol groups is 1. The van der Waals surface area contributed by atoms with E-state index in [0.29, 0.717) is 29.9 Å². The number of amides is 1. The van der Waals surface area contributed by atoms with Crippen LogP contribution in [0.2, 0.25) is 0 Å². The van der Waals surface area contributed by atoms with E-state index in [0.717, 1.165) is 30.4 Å². The third kappa shape index (κ3) is 8.11. The van der Waals surface area contributed by atoms with Gasteiger partial charge in [0.05, 0.1) is 0 Å². The number of carbonyl (C=O) groups is 2. The first-order valence-corrected chi connectivity index (χ1v) is 10.3. The smallest absolute Gasteiger partial charge is 0.303 e. The lowest BCUT2D eigenvalue weighted by molar-refractivity contribution is -0.137. The van der Waals surface area contributed by atoms with Gasteiger partial charge in [0.25, 0.3) is 5.91 Å². The normalized spacial score (nSPS) is 11.3. The molecule has 0 saturated heterocycles. The van der Waals surface area contributed by atoms with Crippen molar-refractivity contribution < 1.29 is 19.1 Å². The number of carbonyl (C=O) groups excluding carboxylic acids is 1. The van der Waals surface area contributed by atoms with Crippen LogP contribution in [0, 0.1) is 5.82 Å². The Morgan fingerprint density at radius 3 is 2.24 bits per heavy atom. The highest BCUT2D eigenvalue weighted by molar-refractivity contribution is 7.79. The molecule has 0 fully saturated rings. The molecule has 0 aliphatic rings. The van der Waals surface area contributed by atoms with Crippen LogP contribution in [-0.4, -0.2) is 23.5 Å². The van der Waals surface area contributed by atoms with Gasteiger partial charge < -0.3 is 10.4 Å². The molecule has 4 nitrogen and oxygen atoms in total. The molecule has 2 rings (SSSR count). The van der Waals surface area contributed by atoms with Crippen LogP contribution >= 0.6 is 12.6 Å². The third-order valence-corrected chi connectivity index (χ3v) is 4.84. The second-order valence-corrected chi connectivity index (χ2v) is 7.09. The molecule has 2 N–H and O–H groups in total. The molecule has 0 saturated carbocycles. The summed E-state index contributed by atoms with van der Waals surface area (Å²) < 4.78 is 13.3. The Bertz CT molecular complexity index is 832. The van der Waals surface area contributed by atoms with E-state index >= 15 is 0 Å². The maximum Gasteiger partial charge on any atom is 0.303 e. The highest BCUT2D eigenvalue weighted by atomic mass is 32.1. The number of carboxylic acid groups (broad SMARTS) is 1. The highest BCUT2D eigenvalue weighted by Crippen LogP contribution is 2.20. The molecular formula is C23H26FNO3S. The largest absolute Gasteiger partial charge is 0.481 e. The summed E-state index contributed by atoms with van der Waals surface area (Å²) in [6.07, 6.45) is 5.06. The number of rotatable bonds is 11. The summed E-state index contributed by atoms with van der Waals surface area (Å²) in [7, 11) is 0. The quantitative estimate of drug-likeness (QED) is 0.211. The Balaban J connectivity index is 2.02. The van der Waals surface area contributed by atoms with Crippen molar-refractivity contribution >= 4 is 36.2 Å². The molecule has 1 amide bonds. The zero-order valence-corrected chi connectivity index (χ0v) is 17.1. The summed E-state index contributed by atoms with van der Waals surface area (Å²) in [5, 5.41) is 11.5. The number of hydrogen-bond donors (Lipinski definition) is 3. The topological polar surface area (TPSA) is 66.4 Å². The van der Waals surface area contributed by atoms with Crippen molar-refractivity contribution in [2.45, 2.75) is 37.9 Å². The van der Waals surface area contributed by atoms with Crippen LogP contribution in [0.1, 0.15) is 48.8 Å². The lowest BCUT2D eigenvalue weighted by Crippen LogP contribution is -2.25. The molecule has 0 aliphatic heterocycles. The minimum Gasteiger partial charge on any atom is -0.481 e. The average molecular weight is 416 g/mol. The van der Waals surface area contributed by atoms with Gasteiger partial charge in [0.15, 0.2) is 0 Å². The first kappa shape index (κ1) is 22.7. The lowest BCUT2D eigenvalue weighted by atomic mass is 10.0. The molecule has 0 spiro atoms. The monoisotopic (exact) mass is 415 g/mol. The fraction of sp³-hybridized carbons (Fsp3) is 0.304. The Hall–Kier alpha value is -2.60. The van der Waals surface area contributed by atoms with Crippen molar-refractivity contribution in [3.8, 4) is 0 Å². The predicted molar refractivity (Wildman–Crippen MR) is 117 cm³/mol. The van der Waals surface area contributed by atoms with E-state index in [2.05, 4.69) is 17.9 Å². The first-order chi connectivity index (χ1) is 14.0. The van der Waals surface area contributed by atoms with Gasteiger partial charge >= 0.3 is 5.97 Å². The summed E-state index contributed by atoms with van der Waals surface area (Å²) in [6, 6.07) is 13.6. The minimum atomic E-state index is -0.783. The summed E-state index contributed by atoms with van der Waals surface area (Å²) in [5.74, 6) is -0.718. The van der Waals surface area contributed by atoms with Crippen molar-refractivity contribution in [3.63, 3.8) is 0 Å². The van der Waals surface area contributed by atoms with Gasteiger partial charge in [-0.3, -0.25) is 9.59 Å². The fourth-order valence-electron chi connectivity index (χ4n) is 2.85. The molecule has 6 heteroatoms. The van der Waals surface area contributed by atoms with Gasteiger partial charge in [-0.05, 0) is 47.7 Å². The summed E-state index contributed by atoms with van der Waals surface area (Å²) in [5.41, 5.74) is 3.07. The molecule has 0 unspecified atom stereocenters. The Kier molecular flexibility index (Phi) is 9.44. The van der Waals surface area contributed by atoms with Crippen LogP contribution in [-0.2, 0) is 15.3 Å². The number of nitrogens with one attached hydrogen (secondary N) is 1. The van der Waals surface area contributed by atoms with Crippen LogP contribution in [0.4, 0.5) is 4.39 Å². The van der Waals surface area contributed by atoms with Crippen LogP contribution in [0.3, 0.4) is 0 Å². The summed E-state index contributed by atoms with van der Waals surface area (Å²) in [6.45, 7) is 0.503. The fourth-order valence-corrected chi connectivity index (χ4v) is 3.06. The van der Waals surface area contributed by atoms with Crippen LogP contribution in [0.15, 0.2) is 48.5 Å². The maximum absolute atomic E-state index is 13.3. The molecule has 2 aromatic carbocycles. The number of halogens is 1. The van der Waals surface area contributed by atoms with Gasteiger partial charge in [-0.1, -0.05) is 49.2 Å². The number of aliphatic carboxylic acids is 1. The van der Waals surface area contributed by atoms with E-state index in [1.165, 1.54) is 12.1 Å². The van der Waals surface area contributed by atoms with Gasteiger partial charge in [0, 0.05) is 24.3 Å². The Morgan fingerprint density at radius 2 is 1.62 bits per heavy atom. The summed E-state index contributed by atoms with van der Waals surface area (Å²) in [4.78, 5) is 23.3. The van der Waals surface area contributed by atoms with Crippen molar-refractivity contribution in [2.24, 2.45) is 0 Å². The van der Waals surface area contributed by atoms with Crippen LogP contribution < -0.4 is 5.32 Å². The molecular weight excluding hydrogens is 389 g/mol. The van der Waals surface area contributed by atoms with Crippen LogP contribution in [0.5, 0.6) is 0 Å². The van der Waals surface area contributed by atoms with E-state index in [1.807, 2.05) is 24.3 Å². The first-order valence-electron chi connectivity index (χ1n) is 9.67. The number of hydrogen-bond acceptors (Lipinski definition) is 3. The minimum absolute atomic E-state index is 0.176. The second-order valence-electron chi connectivity index (χ2n) is 6.78. The van der Waals surface area contributed by atoms with E-state index in [1.54, 1.807) is 18.2 Å². The zero-order chi connectivity index (χ0) is 21.1. The van der Waals surface area contributed by atoms with Crippen molar-refractivity contribution in [2.75, 3.05) is 6.54 Å². The second kappa shape index (κ2) is 12.1. The molecule has 0 radical (unpaired) electrons. The van der Waals surface area contributed by atoms with E-state index < -0.39 is 5.97 Å². The Morgan fingerprint density at radius 1 is 0.966 bits per heavy atom. The van der Waals surface area contributed by atoms with Crippen molar-refractivity contribution in [1.82, 2.24) is 5.32 Å². The SMILES string of the molecule is O=C(O)CCCCCCNC(=O)/C(=C\c1ccc(CS)cc1)c1ccc(F)cc1. The van der Waals surface area contributed by atoms with Gasteiger partial charge in [0.2, 0.25) is 0 Å². The van der Waals surface area contributed by atoms with Gasteiger partial charge in [-0.2, -0.15) is 12.6 Å². The maximum atomic E-state index is 13.3. The number of carboxylic acids is 1. The predicted octanol–water partition coefficient (Wildman–Crippen LogP) is 4.95. The van der Waals surface area contributed by atoms with E-state index in [9.17, 15) is 14.0 Å². The molecule has 2 aromatic rings. The van der Waals surface area contributed by atoms with Crippen molar-refractivity contribution in [3.05, 3.63) is 71.0 Å². The third-order valence-electron chi connectivity index (χ3n) is 4.48. The van der Waals surface area contributed by atoms with Crippen molar-refractivity contribution in [1.29, 1.82) is 0 Å². The molecule has 0 heterocycles. The van der Waals surface area contributed by atoms with Gasteiger partial charge in [-0.15, -0.1) is 0 Å². The van der Waals surface area contributed by atoms with E-state index in [4.69, 9.17) is 5.11 Å². The van der Waals surface area contributed by atoms with Gasteiger partial charge in [0.1, 0.15) is 5.82 Å².